The summed E-state index contributed by atoms with van der Waals surface area (Å²) >= 11 is 1.23. The number of aromatic nitrogens is 2. The molecule has 1 N–H and O–H groups in total. The second kappa shape index (κ2) is 8.19. The number of sulfonamides is 1. The average Bonchev–Trinajstić information content (AvgIpc) is 3.04. The molecule has 7 nitrogen and oxygen atoms in total. The number of anilines is 1. The highest BCUT2D eigenvalue weighted by molar-refractivity contribution is 7.89. The lowest BCUT2D eigenvalue weighted by molar-refractivity contribution is 0.102. The summed E-state index contributed by atoms with van der Waals surface area (Å²) in [5.41, 5.74) is 0.0263. The number of carbonyl (C=O) groups excluding carboxylic acids is 1. The Morgan fingerprint density at radius 2 is 1.92 bits per heavy atom. The molecule has 10 heteroatoms. The van der Waals surface area contributed by atoms with E-state index in [-0.39, 0.29) is 24.6 Å². The first kappa shape index (κ1) is 20.4. The van der Waals surface area contributed by atoms with E-state index in [1.807, 2.05) is 13.8 Å². The van der Waals surface area contributed by atoms with Crippen LogP contribution < -0.4 is 5.32 Å². The summed E-state index contributed by atoms with van der Waals surface area (Å²) in [6.07, 6.45) is 0. The first-order valence-electron chi connectivity index (χ1n) is 8.15. The van der Waals surface area contributed by atoms with Gasteiger partial charge in [0.25, 0.3) is 5.91 Å². The minimum Gasteiger partial charge on any atom is -0.296 e. The molecule has 0 atom stereocenters. The largest absolute Gasteiger partial charge is 0.296 e. The third kappa shape index (κ3) is 4.25. The fraction of sp³-hybridized carbons (Fsp3) is 0.438. The van der Waals surface area contributed by atoms with Gasteiger partial charge in [-0.15, -0.1) is 10.2 Å². The Morgan fingerprint density at radius 3 is 2.46 bits per heavy atom. The van der Waals surface area contributed by atoms with Gasteiger partial charge in [0, 0.05) is 24.6 Å². The van der Waals surface area contributed by atoms with E-state index < -0.39 is 26.6 Å². The maximum Gasteiger partial charge on any atom is 0.257 e. The van der Waals surface area contributed by atoms with Crippen LogP contribution in [0.4, 0.5) is 9.52 Å². The fourth-order valence-corrected chi connectivity index (χ4v) is 4.52. The molecule has 0 bridgehead atoms. The van der Waals surface area contributed by atoms with Crippen LogP contribution in [0.3, 0.4) is 0 Å². The molecular weight excluding hydrogens is 379 g/mol. The van der Waals surface area contributed by atoms with Crippen molar-refractivity contribution in [1.29, 1.82) is 0 Å². The first-order chi connectivity index (χ1) is 12.2. The smallest absolute Gasteiger partial charge is 0.257 e. The van der Waals surface area contributed by atoms with Crippen molar-refractivity contribution < 1.29 is 17.6 Å². The van der Waals surface area contributed by atoms with Gasteiger partial charge >= 0.3 is 0 Å². The lowest BCUT2D eigenvalue weighted by Crippen LogP contribution is -2.31. The first-order valence-corrected chi connectivity index (χ1v) is 10.4. The van der Waals surface area contributed by atoms with Gasteiger partial charge in [0.05, 0.1) is 0 Å². The topological polar surface area (TPSA) is 92.3 Å². The van der Waals surface area contributed by atoms with E-state index in [1.165, 1.54) is 17.4 Å². The SMILES string of the molecule is CCN(CC)S(=O)(=O)c1cc(C(=O)Nc2nnc(C(C)C)s2)ccc1F. The Balaban J connectivity index is 2.32. The van der Waals surface area contributed by atoms with Crippen LogP contribution in [0.2, 0.25) is 0 Å². The highest BCUT2D eigenvalue weighted by Crippen LogP contribution is 2.24. The molecule has 1 aromatic carbocycles. The van der Waals surface area contributed by atoms with Crippen LogP contribution in [0.15, 0.2) is 23.1 Å². The van der Waals surface area contributed by atoms with Gasteiger partial charge in [-0.3, -0.25) is 10.1 Å². The molecular formula is C16H21FN4O3S2. The number of amides is 1. The normalized spacial score (nSPS) is 12.0. The summed E-state index contributed by atoms with van der Waals surface area (Å²) in [6, 6.07) is 3.25. The second-order valence-electron chi connectivity index (χ2n) is 5.79. The lowest BCUT2D eigenvalue weighted by atomic mass is 10.2. The molecule has 26 heavy (non-hydrogen) atoms. The Hall–Kier alpha value is -1.91. The van der Waals surface area contributed by atoms with Crippen molar-refractivity contribution in [3.8, 4) is 0 Å². The maximum atomic E-state index is 14.1. The Morgan fingerprint density at radius 1 is 1.27 bits per heavy atom. The minimum absolute atomic E-state index is 0.0263. The van der Waals surface area contributed by atoms with Crippen molar-refractivity contribution in [2.45, 2.75) is 38.5 Å². The molecule has 1 aromatic heterocycles. The van der Waals surface area contributed by atoms with Gasteiger partial charge in [-0.1, -0.05) is 39.0 Å². The molecule has 1 heterocycles. The van der Waals surface area contributed by atoms with Gasteiger partial charge in [0.1, 0.15) is 15.7 Å². The predicted octanol–water partition coefficient (Wildman–Crippen LogP) is 3.08. The molecule has 0 aliphatic carbocycles. The molecule has 2 rings (SSSR count). The van der Waals surface area contributed by atoms with Gasteiger partial charge < -0.3 is 0 Å². The molecule has 142 valence electrons. The lowest BCUT2D eigenvalue weighted by Gasteiger charge is -2.19. The van der Waals surface area contributed by atoms with Gasteiger partial charge in [-0.25, -0.2) is 12.8 Å². The van der Waals surface area contributed by atoms with E-state index in [4.69, 9.17) is 0 Å². The maximum absolute atomic E-state index is 14.1. The van der Waals surface area contributed by atoms with Crippen LogP contribution in [0.25, 0.3) is 0 Å². The van der Waals surface area contributed by atoms with Crippen molar-refractivity contribution in [3.63, 3.8) is 0 Å². The number of nitrogens with zero attached hydrogens (tertiary/aromatic N) is 3. The average molecular weight is 401 g/mol. The molecule has 2 aromatic rings. The molecule has 0 radical (unpaired) electrons. The Kier molecular flexibility index (Phi) is 6.43. The van der Waals surface area contributed by atoms with Crippen LogP contribution in [0.5, 0.6) is 0 Å². The molecule has 0 aliphatic heterocycles. The summed E-state index contributed by atoms with van der Waals surface area (Å²) in [5, 5.41) is 11.5. The predicted molar refractivity (Wildman–Crippen MR) is 98.5 cm³/mol. The third-order valence-corrected chi connectivity index (χ3v) is 6.88. The number of hydrogen-bond acceptors (Lipinski definition) is 6. The molecule has 0 saturated carbocycles. The number of hydrogen-bond donors (Lipinski definition) is 1. The summed E-state index contributed by atoms with van der Waals surface area (Å²) in [6.45, 7) is 7.65. The van der Waals surface area contributed by atoms with Gasteiger partial charge in [-0.2, -0.15) is 4.31 Å². The van der Waals surface area contributed by atoms with E-state index in [2.05, 4.69) is 15.5 Å². The van der Waals surface area contributed by atoms with Gasteiger partial charge in [0.2, 0.25) is 15.2 Å². The van der Waals surface area contributed by atoms with Crippen LogP contribution in [0.1, 0.15) is 49.0 Å². The molecule has 1 amide bonds. The third-order valence-electron chi connectivity index (χ3n) is 3.67. The van der Waals surface area contributed by atoms with Gasteiger partial charge in [-0.05, 0) is 18.2 Å². The Bertz CT molecular complexity index is 893. The van der Waals surface area contributed by atoms with Gasteiger partial charge in [0.15, 0.2) is 0 Å². The zero-order valence-corrected chi connectivity index (χ0v) is 16.6. The van der Waals surface area contributed by atoms with E-state index in [0.717, 1.165) is 21.4 Å². The van der Waals surface area contributed by atoms with Crippen molar-refractivity contribution in [3.05, 3.63) is 34.6 Å². The van der Waals surface area contributed by atoms with Crippen molar-refractivity contribution >= 4 is 32.4 Å². The number of rotatable bonds is 7. The molecule has 0 fully saturated rings. The highest BCUT2D eigenvalue weighted by Gasteiger charge is 2.26. The summed E-state index contributed by atoms with van der Waals surface area (Å²) in [5.74, 6) is -1.30. The van der Waals surface area contributed by atoms with Crippen LogP contribution in [0, 0.1) is 5.82 Å². The summed E-state index contributed by atoms with van der Waals surface area (Å²) in [7, 11) is -4.01. The van der Waals surface area contributed by atoms with E-state index in [9.17, 15) is 17.6 Å². The Labute approximate surface area is 156 Å². The van der Waals surface area contributed by atoms with Crippen molar-refractivity contribution in [2.24, 2.45) is 0 Å². The van der Waals surface area contributed by atoms with Crippen LogP contribution >= 0.6 is 11.3 Å². The van der Waals surface area contributed by atoms with E-state index in [1.54, 1.807) is 13.8 Å². The van der Waals surface area contributed by atoms with Crippen molar-refractivity contribution in [2.75, 3.05) is 18.4 Å². The molecule has 0 spiro atoms. The molecule has 0 unspecified atom stereocenters. The number of halogens is 1. The minimum atomic E-state index is -4.01. The zero-order chi connectivity index (χ0) is 19.5. The fourth-order valence-electron chi connectivity index (χ4n) is 2.23. The zero-order valence-electron chi connectivity index (χ0n) is 15.0. The summed E-state index contributed by atoms with van der Waals surface area (Å²) in [4.78, 5) is 11.9. The van der Waals surface area contributed by atoms with Crippen LogP contribution in [-0.2, 0) is 10.0 Å². The molecule has 0 saturated heterocycles. The summed E-state index contributed by atoms with van der Waals surface area (Å²) < 4.78 is 40.4. The number of nitrogens with one attached hydrogen (secondary N) is 1. The second-order valence-corrected chi connectivity index (χ2v) is 8.70. The number of carbonyl (C=O) groups is 1. The highest BCUT2D eigenvalue weighted by atomic mass is 32.2. The molecule has 0 aliphatic rings. The van der Waals surface area contributed by atoms with Crippen molar-refractivity contribution in [1.82, 2.24) is 14.5 Å². The van der Waals surface area contributed by atoms with Crippen LogP contribution in [-0.4, -0.2) is 41.9 Å². The van der Waals surface area contributed by atoms with E-state index >= 15 is 0 Å². The quantitative estimate of drug-likeness (QED) is 0.771. The number of benzene rings is 1. The van der Waals surface area contributed by atoms with E-state index in [0.29, 0.717) is 5.13 Å². The monoisotopic (exact) mass is 400 g/mol. The standard InChI is InChI=1S/C16H21FN4O3S2/c1-5-21(6-2)26(23,24)13-9-11(7-8-12(13)17)14(22)18-16-20-19-15(25-16)10(3)4/h7-10H,5-6H2,1-4H3,(H,18,20,22).